The van der Waals surface area contributed by atoms with Crippen LogP contribution in [0.25, 0.3) is 10.9 Å². The van der Waals surface area contributed by atoms with Gasteiger partial charge in [-0.1, -0.05) is 30.0 Å². The average molecular weight is 297 g/mol. The minimum absolute atomic E-state index is 0.0502. The third kappa shape index (κ3) is 2.56. The molecule has 0 aliphatic carbocycles. The van der Waals surface area contributed by atoms with Crippen LogP contribution in [0.1, 0.15) is 16.1 Å². The van der Waals surface area contributed by atoms with Gasteiger partial charge in [-0.25, -0.2) is 9.97 Å². The van der Waals surface area contributed by atoms with Crippen molar-refractivity contribution in [2.24, 2.45) is 0 Å². The van der Waals surface area contributed by atoms with Crippen LogP contribution in [0.2, 0.25) is 0 Å². The van der Waals surface area contributed by atoms with Crippen LogP contribution < -0.4 is 0 Å². The van der Waals surface area contributed by atoms with E-state index in [9.17, 15) is 4.79 Å². The van der Waals surface area contributed by atoms with Gasteiger partial charge < -0.3 is 0 Å². The zero-order valence-corrected chi connectivity index (χ0v) is 12.7. The van der Waals surface area contributed by atoms with Crippen molar-refractivity contribution in [2.75, 3.05) is 5.75 Å². The van der Waals surface area contributed by atoms with Crippen molar-refractivity contribution in [2.45, 2.75) is 19.0 Å². The van der Waals surface area contributed by atoms with Crippen molar-refractivity contribution in [1.82, 2.24) is 14.5 Å². The predicted molar refractivity (Wildman–Crippen MR) is 84.8 cm³/mol. The van der Waals surface area contributed by atoms with E-state index in [1.165, 1.54) is 11.8 Å². The average Bonchev–Trinajstić information content (AvgIpc) is 2.78. The van der Waals surface area contributed by atoms with Gasteiger partial charge in [0.2, 0.25) is 5.91 Å². The smallest absolute Gasteiger partial charge is 0.241 e. The zero-order valence-electron chi connectivity index (χ0n) is 11.9. The Kier molecular flexibility index (Phi) is 3.75. The third-order valence-corrected chi connectivity index (χ3v) is 4.40. The lowest BCUT2D eigenvalue weighted by Crippen LogP contribution is -2.14. The van der Waals surface area contributed by atoms with Crippen LogP contribution in [0, 0.1) is 13.8 Å². The first-order chi connectivity index (χ1) is 10.2. The lowest BCUT2D eigenvalue weighted by atomic mass is 10.2. The van der Waals surface area contributed by atoms with E-state index in [-0.39, 0.29) is 5.91 Å². The lowest BCUT2D eigenvalue weighted by Gasteiger charge is -2.06. The SMILES string of the molecule is Cc1c(C)n(C(=O)CSc2ncccn2)c2ccccc12. The molecule has 2 heterocycles. The minimum Gasteiger partial charge on any atom is -0.284 e. The number of rotatable bonds is 3. The summed E-state index contributed by atoms with van der Waals surface area (Å²) in [5, 5.41) is 1.75. The number of fused-ring (bicyclic) bond motifs is 1. The summed E-state index contributed by atoms with van der Waals surface area (Å²) in [4.78, 5) is 20.8. The first kappa shape index (κ1) is 13.8. The van der Waals surface area contributed by atoms with Gasteiger partial charge in [-0.3, -0.25) is 9.36 Å². The Morgan fingerprint density at radius 3 is 2.62 bits per heavy atom. The Bertz CT molecular complexity index is 796. The highest BCUT2D eigenvalue weighted by atomic mass is 32.2. The van der Waals surface area contributed by atoms with E-state index in [1.54, 1.807) is 23.0 Å². The van der Waals surface area contributed by atoms with Crippen molar-refractivity contribution in [3.05, 3.63) is 54.0 Å². The van der Waals surface area contributed by atoms with Gasteiger partial charge in [-0.2, -0.15) is 0 Å². The number of benzene rings is 1. The molecule has 106 valence electrons. The largest absolute Gasteiger partial charge is 0.284 e. The van der Waals surface area contributed by atoms with E-state index in [0.717, 1.165) is 22.2 Å². The molecule has 0 N–H and O–H groups in total. The van der Waals surface area contributed by atoms with Gasteiger partial charge in [0.15, 0.2) is 5.16 Å². The maximum atomic E-state index is 12.6. The number of thioether (sulfide) groups is 1. The first-order valence-electron chi connectivity index (χ1n) is 6.68. The minimum atomic E-state index is 0.0502. The fourth-order valence-corrected chi connectivity index (χ4v) is 3.05. The molecule has 0 spiro atoms. The Morgan fingerprint density at radius 1 is 1.14 bits per heavy atom. The summed E-state index contributed by atoms with van der Waals surface area (Å²) in [6, 6.07) is 9.75. The number of hydrogen-bond donors (Lipinski definition) is 0. The molecule has 0 aliphatic heterocycles. The van der Waals surface area contributed by atoms with Crippen LogP contribution in [0.4, 0.5) is 0 Å². The molecule has 0 fully saturated rings. The van der Waals surface area contributed by atoms with Crippen molar-refractivity contribution in [3.8, 4) is 0 Å². The fourth-order valence-electron chi connectivity index (χ4n) is 2.40. The van der Waals surface area contributed by atoms with Crippen LogP contribution >= 0.6 is 11.8 Å². The zero-order chi connectivity index (χ0) is 14.8. The van der Waals surface area contributed by atoms with Crippen molar-refractivity contribution in [3.63, 3.8) is 0 Å². The second-order valence-corrected chi connectivity index (χ2v) is 5.72. The molecule has 0 saturated heterocycles. The molecule has 0 atom stereocenters. The Balaban J connectivity index is 1.90. The van der Waals surface area contributed by atoms with Gasteiger partial charge in [0.25, 0.3) is 0 Å². The molecule has 2 aromatic heterocycles. The number of aryl methyl sites for hydroxylation is 1. The fraction of sp³-hybridized carbons (Fsp3) is 0.188. The summed E-state index contributed by atoms with van der Waals surface area (Å²) >= 11 is 1.36. The highest BCUT2D eigenvalue weighted by molar-refractivity contribution is 7.99. The molecule has 0 radical (unpaired) electrons. The number of aromatic nitrogens is 3. The molecule has 5 heteroatoms. The molecule has 1 aromatic carbocycles. The molecule has 0 unspecified atom stereocenters. The Morgan fingerprint density at radius 2 is 1.86 bits per heavy atom. The number of nitrogens with zero attached hydrogens (tertiary/aromatic N) is 3. The highest BCUT2D eigenvalue weighted by Gasteiger charge is 2.16. The molecule has 0 aliphatic rings. The molecular weight excluding hydrogens is 282 g/mol. The Labute approximate surface area is 127 Å². The van der Waals surface area contributed by atoms with E-state index in [2.05, 4.69) is 23.0 Å². The number of para-hydroxylation sites is 1. The first-order valence-corrected chi connectivity index (χ1v) is 7.66. The third-order valence-electron chi connectivity index (χ3n) is 3.54. The molecule has 0 bridgehead atoms. The number of carbonyl (C=O) groups excluding carboxylic acids is 1. The van der Waals surface area contributed by atoms with Crippen molar-refractivity contribution in [1.29, 1.82) is 0 Å². The molecule has 0 amide bonds. The maximum Gasteiger partial charge on any atom is 0.241 e. The van der Waals surface area contributed by atoms with Gasteiger partial charge in [-0.05, 0) is 31.5 Å². The summed E-state index contributed by atoms with van der Waals surface area (Å²) in [7, 11) is 0. The molecule has 0 saturated carbocycles. The van der Waals surface area contributed by atoms with Gasteiger partial charge in [0.1, 0.15) is 0 Å². The summed E-state index contributed by atoms with van der Waals surface area (Å²) in [5.74, 6) is 0.373. The number of hydrogen-bond acceptors (Lipinski definition) is 4. The van der Waals surface area contributed by atoms with Crippen molar-refractivity contribution >= 4 is 28.6 Å². The predicted octanol–water partition coefficient (Wildman–Crippen LogP) is 3.48. The van der Waals surface area contributed by atoms with Gasteiger partial charge in [0.05, 0.1) is 11.3 Å². The Hall–Kier alpha value is -2.14. The van der Waals surface area contributed by atoms with Crippen LogP contribution in [-0.4, -0.2) is 26.2 Å². The molecular formula is C16H15N3OS. The van der Waals surface area contributed by atoms with Crippen LogP contribution in [0.5, 0.6) is 0 Å². The summed E-state index contributed by atoms with van der Waals surface area (Å²) < 4.78 is 1.79. The van der Waals surface area contributed by atoms with Crippen molar-refractivity contribution < 1.29 is 4.79 Å². The maximum absolute atomic E-state index is 12.6. The topological polar surface area (TPSA) is 47.8 Å². The lowest BCUT2D eigenvalue weighted by molar-refractivity contribution is 0.0945. The normalized spacial score (nSPS) is 11.0. The molecule has 3 rings (SSSR count). The monoisotopic (exact) mass is 297 g/mol. The van der Waals surface area contributed by atoms with Crippen LogP contribution in [0.3, 0.4) is 0 Å². The number of carbonyl (C=O) groups is 1. The van der Waals surface area contributed by atoms with Gasteiger partial charge >= 0.3 is 0 Å². The van der Waals surface area contributed by atoms with Crippen LogP contribution in [-0.2, 0) is 0 Å². The molecule has 3 aromatic rings. The summed E-state index contributed by atoms with van der Waals surface area (Å²) in [5.41, 5.74) is 3.11. The van der Waals surface area contributed by atoms with E-state index in [4.69, 9.17) is 0 Å². The quantitative estimate of drug-likeness (QED) is 0.548. The van der Waals surface area contributed by atoms with Crippen LogP contribution in [0.15, 0.2) is 47.9 Å². The standard InChI is InChI=1S/C16H15N3OS/c1-11-12(2)19(14-7-4-3-6-13(11)14)15(20)10-21-16-17-8-5-9-18-16/h3-9H,10H2,1-2H3. The highest BCUT2D eigenvalue weighted by Crippen LogP contribution is 2.25. The van der Waals surface area contributed by atoms with E-state index < -0.39 is 0 Å². The molecule has 21 heavy (non-hydrogen) atoms. The van der Waals surface area contributed by atoms with E-state index in [1.807, 2.05) is 25.1 Å². The second-order valence-electron chi connectivity index (χ2n) is 4.78. The summed E-state index contributed by atoms with van der Waals surface area (Å²) in [6.07, 6.45) is 3.36. The van der Waals surface area contributed by atoms with E-state index >= 15 is 0 Å². The van der Waals surface area contributed by atoms with Gasteiger partial charge in [-0.15, -0.1) is 0 Å². The second kappa shape index (κ2) is 5.69. The van der Waals surface area contributed by atoms with E-state index in [0.29, 0.717) is 10.9 Å². The molecule has 4 nitrogen and oxygen atoms in total. The summed E-state index contributed by atoms with van der Waals surface area (Å²) in [6.45, 7) is 4.03. The van der Waals surface area contributed by atoms with Gasteiger partial charge in [0, 0.05) is 23.5 Å².